The molecule has 1 N–H and O–H groups in total. The van der Waals surface area contributed by atoms with E-state index in [0.717, 1.165) is 30.2 Å². The molecule has 2 aromatic heterocycles. The van der Waals surface area contributed by atoms with E-state index in [0.29, 0.717) is 24.5 Å². The number of aromatic nitrogens is 4. The summed E-state index contributed by atoms with van der Waals surface area (Å²) in [6.45, 7) is 2.69. The lowest BCUT2D eigenvalue weighted by atomic mass is 10.1. The Balaban J connectivity index is 1.45. The number of benzene rings is 1. The van der Waals surface area contributed by atoms with Crippen molar-refractivity contribution in [2.45, 2.75) is 0 Å². The van der Waals surface area contributed by atoms with Crippen LogP contribution in [0.4, 0.5) is 5.82 Å². The van der Waals surface area contributed by atoms with Crippen molar-refractivity contribution in [1.82, 2.24) is 25.1 Å². The van der Waals surface area contributed by atoms with Gasteiger partial charge in [0.15, 0.2) is 0 Å². The fourth-order valence-electron chi connectivity index (χ4n) is 3.19. The standard InChI is InChI=1S/C19H20N6O2/c1-27-17-5-3-2-4-14(17)15-12-16(23-22-15)19(26)25-10-8-24(9-11-25)18-13-20-6-7-21-18/h2-7,12-13H,8-11H2,1H3,(H,22,23). The molecule has 3 aromatic rings. The van der Waals surface area contributed by atoms with Crippen LogP contribution >= 0.6 is 0 Å². The van der Waals surface area contributed by atoms with Crippen LogP contribution < -0.4 is 9.64 Å². The minimum Gasteiger partial charge on any atom is -0.496 e. The number of piperazine rings is 1. The van der Waals surface area contributed by atoms with Gasteiger partial charge in [-0.2, -0.15) is 5.10 Å². The number of nitrogens with zero attached hydrogens (tertiary/aromatic N) is 5. The first-order chi connectivity index (χ1) is 13.3. The minimum absolute atomic E-state index is 0.0533. The highest BCUT2D eigenvalue weighted by Crippen LogP contribution is 2.28. The molecule has 3 heterocycles. The number of rotatable bonds is 4. The smallest absolute Gasteiger partial charge is 0.272 e. The van der Waals surface area contributed by atoms with Gasteiger partial charge in [0.1, 0.15) is 17.3 Å². The molecule has 138 valence electrons. The van der Waals surface area contributed by atoms with Crippen molar-refractivity contribution in [3.63, 3.8) is 0 Å². The van der Waals surface area contributed by atoms with E-state index in [9.17, 15) is 4.79 Å². The number of methoxy groups -OCH3 is 1. The van der Waals surface area contributed by atoms with Crippen molar-refractivity contribution in [2.75, 3.05) is 38.2 Å². The molecule has 4 rings (SSSR count). The van der Waals surface area contributed by atoms with Crippen LogP contribution in [0.3, 0.4) is 0 Å². The predicted molar refractivity (Wildman–Crippen MR) is 101 cm³/mol. The molecule has 1 aliphatic heterocycles. The Morgan fingerprint density at radius 1 is 1.15 bits per heavy atom. The molecule has 8 nitrogen and oxygen atoms in total. The Kier molecular flexibility index (Phi) is 4.69. The highest BCUT2D eigenvalue weighted by molar-refractivity contribution is 5.93. The van der Waals surface area contributed by atoms with Crippen LogP contribution in [-0.2, 0) is 0 Å². The van der Waals surface area contributed by atoms with Gasteiger partial charge in [0.25, 0.3) is 5.91 Å². The van der Waals surface area contributed by atoms with Gasteiger partial charge in [-0.3, -0.25) is 14.9 Å². The van der Waals surface area contributed by atoms with Crippen molar-refractivity contribution in [3.05, 3.63) is 54.6 Å². The fourth-order valence-corrected chi connectivity index (χ4v) is 3.19. The molecule has 1 aliphatic rings. The van der Waals surface area contributed by atoms with Gasteiger partial charge in [-0.05, 0) is 18.2 Å². The summed E-state index contributed by atoms with van der Waals surface area (Å²) >= 11 is 0. The molecule has 0 unspecified atom stereocenters. The Morgan fingerprint density at radius 3 is 2.70 bits per heavy atom. The van der Waals surface area contributed by atoms with Gasteiger partial charge in [-0.1, -0.05) is 12.1 Å². The summed E-state index contributed by atoms with van der Waals surface area (Å²) in [6, 6.07) is 9.38. The lowest BCUT2D eigenvalue weighted by molar-refractivity contribution is 0.0740. The largest absolute Gasteiger partial charge is 0.496 e. The SMILES string of the molecule is COc1ccccc1-c1cc(C(=O)N2CCN(c3cnccn3)CC2)[nH]n1. The van der Waals surface area contributed by atoms with E-state index in [1.165, 1.54) is 0 Å². The minimum atomic E-state index is -0.0533. The predicted octanol–water partition coefficient (Wildman–Crippen LogP) is 1.84. The van der Waals surface area contributed by atoms with Gasteiger partial charge >= 0.3 is 0 Å². The summed E-state index contributed by atoms with van der Waals surface area (Å²) in [5, 5.41) is 7.16. The molecule has 0 saturated carbocycles. The summed E-state index contributed by atoms with van der Waals surface area (Å²) < 4.78 is 5.37. The van der Waals surface area contributed by atoms with E-state index in [1.54, 1.807) is 31.8 Å². The Hall–Kier alpha value is -3.42. The average molecular weight is 364 g/mol. The zero-order valence-corrected chi connectivity index (χ0v) is 15.0. The van der Waals surface area contributed by atoms with Gasteiger partial charge in [-0.25, -0.2) is 4.98 Å². The zero-order chi connectivity index (χ0) is 18.6. The monoisotopic (exact) mass is 364 g/mol. The number of carbonyl (C=O) groups is 1. The van der Waals surface area contributed by atoms with Crippen LogP contribution in [0, 0.1) is 0 Å². The molecule has 0 bridgehead atoms. The summed E-state index contributed by atoms with van der Waals surface area (Å²) in [4.78, 5) is 25.2. The van der Waals surface area contributed by atoms with Gasteiger partial charge in [0, 0.05) is 44.1 Å². The first kappa shape index (κ1) is 17.0. The van der Waals surface area contributed by atoms with Gasteiger partial charge < -0.3 is 14.5 Å². The maximum atomic E-state index is 12.8. The maximum Gasteiger partial charge on any atom is 0.272 e. The van der Waals surface area contributed by atoms with Crippen molar-refractivity contribution in [3.8, 4) is 17.0 Å². The average Bonchev–Trinajstić information content (AvgIpc) is 3.24. The molecular formula is C19H20N6O2. The molecule has 1 fully saturated rings. The number of hydrogen-bond donors (Lipinski definition) is 1. The number of anilines is 1. The lowest BCUT2D eigenvalue weighted by Crippen LogP contribution is -2.49. The number of hydrogen-bond acceptors (Lipinski definition) is 6. The first-order valence-electron chi connectivity index (χ1n) is 8.75. The number of nitrogens with one attached hydrogen (secondary N) is 1. The van der Waals surface area contributed by atoms with Crippen LogP contribution in [0.1, 0.15) is 10.5 Å². The summed E-state index contributed by atoms with van der Waals surface area (Å²) in [6.07, 6.45) is 5.07. The first-order valence-corrected chi connectivity index (χ1v) is 8.75. The van der Waals surface area contributed by atoms with Crippen LogP contribution in [0.5, 0.6) is 5.75 Å². The van der Waals surface area contributed by atoms with Crippen molar-refractivity contribution >= 4 is 11.7 Å². The van der Waals surface area contributed by atoms with Crippen molar-refractivity contribution in [2.24, 2.45) is 0 Å². The lowest BCUT2D eigenvalue weighted by Gasteiger charge is -2.34. The van der Waals surface area contributed by atoms with E-state index in [-0.39, 0.29) is 5.91 Å². The Morgan fingerprint density at radius 2 is 1.96 bits per heavy atom. The number of H-pyrrole nitrogens is 1. The number of amides is 1. The van der Waals surface area contributed by atoms with E-state index < -0.39 is 0 Å². The Labute approximate surface area is 156 Å². The fraction of sp³-hybridized carbons (Fsp3) is 0.263. The van der Waals surface area contributed by atoms with E-state index in [2.05, 4.69) is 25.1 Å². The highest BCUT2D eigenvalue weighted by atomic mass is 16.5. The molecule has 27 heavy (non-hydrogen) atoms. The van der Waals surface area contributed by atoms with Gasteiger partial charge in [0.2, 0.25) is 0 Å². The number of carbonyl (C=O) groups excluding carboxylic acids is 1. The number of para-hydroxylation sites is 1. The van der Waals surface area contributed by atoms with Crippen LogP contribution in [0.25, 0.3) is 11.3 Å². The third-order valence-electron chi connectivity index (χ3n) is 4.63. The van der Waals surface area contributed by atoms with E-state index in [4.69, 9.17) is 4.74 Å². The quantitative estimate of drug-likeness (QED) is 0.760. The summed E-state index contributed by atoms with van der Waals surface area (Å²) in [7, 11) is 1.62. The maximum absolute atomic E-state index is 12.8. The van der Waals surface area contributed by atoms with Crippen LogP contribution in [0.15, 0.2) is 48.9 Å². The topological polar surface area (TPSA) is 87.2 Å². The van der Waals surface area contributed by atoms with Crippen molar-refractivity contribution < 1.29 is 9.53 Å². The number of ether oxygens (including phenoxy) is 1. The second-order valence-corrected chi connectivity index (χ2v) is 6.21. The summed E-state index contributed by atoms with van der Waals surface area (Å²) in [5.74, 6) is 1.51. The zero-order valence-electron chi connectivity index (χ0n) is 15.0. The van der Waals surface area contributed by atoms with Gasteiger partial charge in [0.05, 0.1) is 19.0 Å². The van der Waals surface area contributed by atoms with Crippen LogP contribution in [0.2, 0.25) is 0 Å². The van der Waals surface area contributed by atoms with Gasteiger partial charge in [-0.15, -0.1) is 0 Å². The van der Waals surface area contributed by atoms with Crippen LogP contribution in [-0.4, -0.2) is 64.3 Å². The highest BCUT2D eigenvalue weighted by Gasteiger charge is 2.24. The normalized spacial score (nSPS) is 14.3. The molecular weight excluding hydrogens is 344 g/mol. The molecule has 1 aromatic carbocycles. The van der Waals surface area contributed by atoms with Crippen molar-refractivity contribution in [1.29, 1.82) is 0 Å². The molecule has 0 radical (unpaired) electrons. The molecule has 8 heteroatoms. The van der Waals surface area contributed by atoms with E-state index >= 15 is 0 Å². The summed E-state index contributed by atoms with van der Waals surface area (Å²) in [5.41, 5.74) is 2.01. The molecule has 0 atom stereocenters. The second-order valence-electron chi connectivity index (χ2n) is 6.21. The molecule has 1 amide bonds. The number of aromatic amines is 1. The third-order valence-corrected chi connectivity index (χ3v) is 4.63. The van der Waals surface area contributed by atoms with E-state index in [1.807, 2.05) is 29.2 Å². The Bertz CT molecular complexity index is 919. The molecule has 0 aliphatic carbocycles. The third kappa shape index (κ3) is 3.46. The molecule has 1 saturated heterocycles. The molecule has 0 spiro atoms. The second kappa shape index (κ2) is 7.45.